The number of aryl methyl sites for hydroxylation is 1. The van der Waals surface area contributed by atoms with E-state index in [1.807, 2.05) is 13.0 Å². The molecule has 0 saturated heterocycles. The van der Waals surface area contributed by atoms with E-state index in [4.69, 9.17) is 10.3 Å². The van der Waals surface area contributed by atoms with Crippen molar-refractivity contribution in [1.29, 1.82) is 0 Å². The van der Waals surface area contributed by atoms with Gasteiger partial charge in [0.2, 0.25) is 5.88 Å². The topological polar surface area (TPSA) is 70.9 Å². The quantitative estimate of drug-likeness (QED) is 0.256. The van der Waals surface area contributed by atoms with Crippen molar-refractivity contribution < 1.29 is 4.74 Å². The molecular formula is C11H12N4O. The molecule has 1 rings (SSSR count). The standard InChI is InChI=1S/C11H12N4O/c1-9-7-11(16-2)13-8-10(9)5-3-4-6-14-15-12/h7-8H,4,6H2,1-2H3. The van der Waals surface area contributed by atoms with Crippen LogP contribution < -0.4 is 4.74 Å². The first-order valence-corrected chi connectivity index (χ1v) is 4.78. The maximum absolute atomic E-state index is 8.07. The summed E-state index contributed by atoms with van der Waals surface area (Å²) in [4.78, 5) is 6.72. The predicted octanol–water partition coefficient (Wildman–Crippen LogP) is 2.45. The van der Waals surface area contributed by atoms with Gasteiger partial charge in [0.05, 0.1) is 7.11 Å². The van der Waals surface area contributed by atoms with E-state index in [1.54, 1.807) is 13.3 Å². The van der Waals surface area contributed by atoms with Crippen molar-refractivity contribution >= 4 is 0 Å². The Labute approximate surface area is 94.1 Å². The highest BCUT2D eigenvalue weighted by molar-refractivity contribution is 5.40. The van der Waals surface area contributed by atoms with Crippen molar-refractivity contribution in [3.8, 4) is 17.7 Å². The van der Waals surface area contributed by atoms with Crippen LogP contribution in [0.1, 0.15) is 17.5 Å². The van der Waals surface area contributed by atoms with Crippen LogP contribution in [-0.2, 0) is 0 Å². The van der Waals surface area contributed by atoms with Gasteiger partial charge in [-0.25, -0.2) is 4.98 Å². The van der Waals surface area contributed by atoms with E-state index in [1.165, 1.54) is 0 Å². The average Bonchev–Trinajstić information content (AvgIpc) is 2.30. The maximum atomic E-state index is 8.07. The van der Waals surface area contributed by atoms with Crippen LogP contribution in [0.2, 0.25) is 0 Å². The van der Waals surface area contributed by atoms with E-state index in [9.17, 15) is 0 Å². The molecule has 0 aliphatic heterocycles. The number of nitrogens with zero attached hydrogens (tertiary/aromatic N) is 4. The number of rotatable bonds is 3. The smallest absolute Gasteiger partial charge is 0.213 e. The molecule has 0 radical (unpaired) electrons. The Morgan fingerprint density at radius 3 is 3.06 bits per heavy atom. The van der Waals surface area contributed by atoms with Crippen molar-refractivity contribution in [1.82, 2.24) is 4.98 Å². The largest absolute Gasteiger partial charge is 0.481 e. The summed E-state index contributed by atoms with van der Waals surface area (Å²) in [5.41, 5.74) is 9.95. The SMILES string of the molecule is COc1cc(C)c(C#CCCN=[N+]=[N-])cn1. The third-order valence-corrected chi connectivity index (χ3v) is 1.92. The Bertz CT molecular complexity index is 467. The lowest BCUT2D eigenvalue weighted by molar-refractivity contribution is 0.397. The maximum Gasteiger partial charge on any atom is 0.213 e. The number of hydrogen-bond donors (Lipinski definition) is 0. The number of azide groups is 1. The summed E-state index contributed by atoms with van der Waals surface area (Å²) in [6.07, 6.45) is 2.23. The molecule has 0 aliphatic carbocycles. The minimum absolute atomic E-state index is 0.395. The van der Waals surface area contributed by atoms with Gasteiger partial charge < -0.3 is 4.74 Å². The highest BCUT2D eigenvalue weighted by Gasteiger charge is 1.97. The molecule has 0 saturated carbocycles. The second-order valence-electron chi connectivity index (χ2n) is 3.05. The second-order valence-corrected chi connectivity index (χ2v) is 3.05. The van der Waals surface area contributed by atoms with Crippen LogP contribution >= 0.6 is 0 Å². The molecule has 0 spiro atoms. The first-order chi connectivity index (χ1) is 7.77. The fourth-order valence-corrected chi connectivity index (χ4v) is 1.08. The van der Waals surface area contributed by atoms with Gasteiger partial charge in [-0.3, -0.25) is 0 Å². The number of hydrogen-bond acceptors (Lipinski definition) is 3. The zero-order valence-electron chi connectivity index (χ0n) is 9.27. The summed E-state index contributed by atoms with van der Waals surface area (Å²) in [5, 5.41) is 3.40. The van der Waals surface area contributed by atoms with Gasteiger partial charge in [-0.1, -0.05) is 17.0 Å². The van der Waals surface area contributed by atoms with Crippen molar-refractivity contribution in [3.63, 3.8) is 0 Å². The first-order valence-electron chi connectivity index (χ1n) is 4.78. The molecule has 0 amide bonds. The van der Waals surface area contributed by atoms with Gasteiger partial charge in [0, 0.05) is 35.7 Å². The Morgan fingerprint density at radius 2 is 2.44 bits per heavy atom. The van der Waals surface area contributed by atoms with E-state index in [2.05, 4.69) is 26.9 Å². The van der Waals surface area contributed by atoms with Crippen LogP contribution in [0.15, 0.2) is 17.4 Å². The number of ether oxygens (including phenoxy) is 1. The van der Waals surface area contributed by atoms with Gasteiger partial charge in [-0.05, 0) is 18.0 Å². The highest BCUT2D eigenvalue weighted by atomic mass is 16.5. The van der Waals surface area contributed by atoms with Crippen molar-refractivity contribution in [2.45, 2.75) is 13.3 Å². The summed E-state index contributed by atoms with van der Waals surface area (Å²) in [6.45, 7) is 2.34. The molecule has 0 N–H and O–H groups in total. The van der Waals surface area contributed by atoms with Crippen LogP contribution in [0, 0.1) is 18.8 Å². The third-order valence-electron chi connectivity index (χ3n) is 1.92. The monoisotopic (exact) mass is 216 g/mol. The van der Waals surface area contributed by atoms with Gasteiger partial charge in [-0.15, -0.1) is 0 Å². The van der Waals surface area contributed by atoms with E-state index < -0.39 is 0 Å². The highest BCUT2D eigenvalue weighted by Crippen LogP contribution is 2.11. The van der Waals surface area contributed by atoms with E-state index in [0.717, 1.165) is 11.1 Å². The van der Waals surface area contributed by atoms with E-state index in [-0.39, 0.29) is 0 Å². The summed E-state index contributed by atoms with van der Waals surface area (Å²) in [5.74, 6) is 6.47. The van der Waals surface area contributed by atoms with E-state index in [0.29, 0.717) is 18.8 Å². The molecular weight excluding hydrogens is 204 g/mol. The summed E-state index contributed by atoms with van der Waals surface area (Å²) >= 11 is 0. The second kappa shape index (κ2) is 6.33. The Balaban J connectivity index is 2.69. The van der Waals surface area contributed by atoms with Gasteiger partial charge in [0.1, 0.15) is 0 Å². The molecule has 0 aliphatic rings. The molecule has 5 nitrogen and oxygen atoms in total. The molecule has 1 heterocycles. The fraction of sp³-hybridized carbons (Fsp3) is 0.364. The van der Waals surface area contributed by atoms with E-state index >= 15 is 0 Å². The molecule has 82 valence electrons. The van der Waals surface area contributed by atoms with Gasteiger partial charge in [-0.2, -0.15) is 0 Å². The zero-order valence-corrected chi connectivity index (χ0v) is 9.27. The minimum Gasteiger partial charge on any atom is -0.481 e. The minimum atomic E-state index is 0.395. The predicted molar refractivity (Wildman–Crippen MR) is 61.0 cm³/mol. The normalized spacial score (nSPS) is 8.62. The van der Waals surface area contributed by atoms with Crippen molar-refractivity contribution in [2.75, 3.05) is 13.7 Å². The molecule has 0 unspecified atom stereocenters. The lowest BCUT2D eigenvalue weighted by Gasteiger charge is -2.01. The van der Waals surface area contributed by atoms with Crippen LogP contribution in [-0.4, -0.2) is 18.6 Å². The summed E-state index contributed by atoms with van der Waals surface area (Å²) in [7, 11) is 1.58. The first kappa shape index (κ1) is 11.9. The van der Waals surface area contributed by atoms with Crippen molar-refractivity contribution in [3.05, 3.63) is 33.8 Å². The summed E-state index contributed by atoms with van der Waals surface area (Å²) in [6, 6.07) is 1.83. The summed E-state index contributed by atoms with van der Waals surface area (Å²) < 4.78 is 4.99. The fourth-order valence-electron chi connectivity index (χ4n) is 1.08. The molecule has 0 atom stereocenters. The lowest BCUT2D eigenvalue weighted by atomic mass is 10.1. The molecule has 0 fully saturated rings. The molecule has 5 heteroatoms. The number of methoxy groups -OCH3 is 1. The number of pyridine rings is 1. The zero-order chi connectivity index (χ0) is 11.8. The molecule has 1 aromatic heterocycles. The lowest BCUT2D eigenvalue weighted by Crippen LogP contribution is -1.90. The molecule has 16 heavy (non-hydrogen) atoms. The number of aromatic nitrogens is 1. The Kier molecular flexibility index (Phi) is 4.71. The molecule has 0 aromatic carbocycles. The Morgan fingerprint density at radius 1 is 1.62 bits per heavy atom. The van der Waals surface area contributed by atoms with Crippen LogP contribution in [0.3, 0.4) is 0 Å². The van der Waals surface area contributed by atoms with Gasteiger partial charge >= 0.3 is 0 Å². The van der Waals surface area contributed by atoms with Gasteiger partial charge in [0.25, 0.3) is 0 Å². The molecule has 0 bridgehead atoms. The average molecular weight is 216 g/mol. The van der Waals surface area contributed by atoms with Gasteiger partial charge in [0.15, 0.2) is 0 Å². The molecule has 1 aromatic rings. The third kappa shape index (κ3) is 3.52. The Hall–Kier alpha value is -2.18. The van der Waals surface area contributed by atoms with Crippen LogP contribution in [0.4, 0.5) is 0 Å². The van der Waals surface area contributed by atoms with Crippen LogP contribution in [0.25, 0.3) is 10.4 Å². The van der Waals surface area contributed by atoms with Crippen molar-refractivity contribution in [2.24, 2.45) is 5.11 Å². The van der Waals surface area contributed by atoms with Crippen LogP contribution in [0.5, 0.6) is 5.88 Å².